The smallest absolute Gasteiger partial charge is 0.181 e. The van der Waals surface area contributed by atoms with E-state index in [1.165, 1.54) is 6.39 Å². The van der Waals surface area contributed by atoms with Crippen LogP contribution in [0.4, 0.5) is 0 Å². The summed E-state index contributed by atoms with van der Waals surface area (Å²) >= 11 is 0. The van der Waals surface area contributed by atoms with Crippen molar-refractivity contribution in [2.24, 2.45) is 0 Å². The molecule has 0 spiro atoms. The topological polar surface area (TPSA) is 76.8 Å². The Morgan fingerprint density at radius 2 is 2.19 bits per heavy atom. The molecule has 1 aromatic heterocycles. The molecule has 0 radical (unpaired) electrons. The predicted molar refractivity (Wildman–Crippen MR) is 97.8 cm³/mol. The first-order chi connectivity index (χ1) is 12.8. The summed E-state index contributed by atoms with van der Waals surface area (Å²) in [6.45, 7) is 2.28. The lowest BCUT2D eigenvalue weighted by molar-refractivity contribution is 0.169. The van der Waals surface area contributed by atoms with Crippen molar-refractivity contribution in [2.45, 2.75) is 25.4 Å². The van der Waals surface area contributed by atoms with Gasteiger partial charge in [0.25, 0.3) is 0 Å². The predicted octanol–water partition coefficient (Wildman–Crippen LogP) is 3.29. The van der Waals surface area contributed by atoms with Gasteiger partial charge in [0.1, 0.15) is 28.9 Å². The van der Waals surface area contributed by atoms with Gasteiger partial charge in [0.15, 0.2) is 12.0 Å². The first-order valence-electron chi connectivity index (χ1n) is 8.93. The Hall–Kier alpha value is -2.73. The SMILES string of the molecule is Oc1ccc2c(c1)OC(CNCCCOc1ccc3ncoc3c1)CC2. The van der Waals surface area contributed by atoms with Gasteiger partial charge in [0.05, 0.1) is 6.61 Å². The fourth-order valence-electron chi connectivity index (χ4n) is 3.13. The van der Waals surface area contributed by atoms with Crippen molar-refractivity contribution in [2.75, 3.05) is 19.7 Å². The zero-order chi connectivity index (χ0) is 17.8. The second-order valence-electron chi connectivity index (χ2n) is 6.46. The van der Waals surface area contributed by atoms with Crippen molar-refractivity contribution in [3.63, 3.8) is 0 Å². The van der Waals surface area contributed by atoms with E-state index in [2.05, 4.69) is 10.3 Å². The van der Waals surface area contributed by atoms with Crippen LogP contribution in [0.25, 0.3) is 11.1 Å². The maximum atomic E-state index is 9.57. The quantitative estimate of drug-likeness (QED) is 0.634. The summed E-state index contributed by atoms with van der Waals surface area (Å²) in [7, 11) is 0. The van der Waals surface area contributed by atoms with Crippen molar-refractivity contribution < 1.29 is 19.0 Å². The van der Waals surface area contributed by atoms with E-state index < -0.39 is 0 Å². The van der Waals surface area contributed by atoms with Crippen molar-refractivity contribution in [3.8, 4) is 17.2 Å². The number of hydrogen-bond acceptors (Lipinski definition) is 6. The number of ether oxygens (including phenoxy) is 2. The number of phenols is 1. The third-order valence-corrected chi connectivity index (χ3v) is 4.52. The second kappa shape index (κ2) is 7.66. The molecule has 2 N–H and O–H groups in total. The number of oxazole rings is 1. The maximum absolute atomic E-state index is 9.57. The third kappa shape index (κ3) is 3.91. The molecule has 136 valence electrons. The van der Waals surface area contributed by atoms with Gasteiger partial charge in [0, 0.05) is 18.7 Å². The first kappa shape index (κ1) is 16.7. The highest BCUT2D eigenvalue weighted by molar-refractivity contribution is 5.73. The van der Waals surface area contributed by atoms with Crippen LogP contribution in [-0.4, -0.2) is 35.9 Å². The van der Waals surface area contributed by atoms with Gasteiger partial charge >= 0.3 is 0 Å². The van der Waals surface area contributed by atoms with Crippen LogP contribution in [0.3, 0.4) is 0 Å². The van der Waals surface area contributed by atoms with Crippen LogP contribution in [0.1, 0.15) is 18.4 Å². The molecule has 2 heterocycles. The highest BCUT2D eigenvalue weighted by Crippen LogP contribution is 2.30. The molecule has 1 atom stereocenters. The minimum Gasteiger partial charge on any atom is -0.508 e. The molecule has 0 aliphatic carbocycles. The van der Waals surface area contributed by atoms with Gasteiger partial charge in [-0.3, -0.25) is 0 Å². The average molecular weight is 354 g/mol. The lowest BCUT2D eigenvalue weighted by Crippen LogP contribution is -2.34. The van der Waals surface area contributed by atoms with E-state index in [-0.39, 0.29) is 11.9 Å². The largest absolute Gasteiger partial charge is 0.508 e. The Kier molecular flexibility index (Phi) is 4.93. The molecule has 0 saturated carbocycles. The Bertz CT molecular complexity index is 877. The van der Waals surface area contributed by atoms with Crippen LogP contribution < -0.4 is 14.8 Å². The molecule has 1 aliphatic heterocycles. The number of hydrogen-bond donors (Lipinski definition) is 2. The molecule has 4 rings (SSSR count). The number of aromatic hydroxyl groups is 1. The lowest BCUT2D eigenvalue weighted by Gasteiger charge is -2.26. The van der Waals surface area contributed by atoms with Crippen LogP contribution in [-0.2, 0) is 6.42 Å². The lowest BCUT2D eigenvalue weighted by atomic mass is 10.0. The van der Waals surface area contributed by atoms with Crippen molar-refractivity contribution in [1.82, 2.24) is 10.3 Å². The molecule has 6 heteroatoms. The normalized spacial score (nSPS) is 16.2. The monoisotopic (exact) mass is 354 g/mol. The standard InChI is InChI=1S/C20H22N2O4/c23-15-4-2-14-3-5-17(26-19(14)10-15)12-21-8-1-9-24-16-6-7-18-20(11-16)25-13-22-18/h2,4,6-7,10-11,13,17,21,23H,1,3,5,8-9,12H2. The number of aryl methyl sites for hydroxylation is 1. The zero-order valence-corrected chi connectivity index (χ0v) is 14.5. The average Bonchev–Trinajstić information content (AvgIpc) is 3.12. The minimum absolute atomic E-state index is 0.138. The Morgan fingerprint density at radius 1 is 1.23 bits per heavy atom. The molecule has 1 unspecified atom stereocenters. The van der Waals surface area contributed by atoms with Crippen LogP contribution in [0.15, 0.2) is 47.2 Å². The van der Waals surface area contributed by atoms with E-state index in [0.717, 1.165) is 60.5 Å². The van der Waals surface area contributed by atoms with Crippen molar-refractivity contribution in [1.29, 1.82) is 0 Å². The van der Waals surface area contributed by atoms with Gasteiger partial charge in [-0.2, -0.15) is 0 Å². The number of nitrogens with zero attached hydrogens (tertiary/aromatic N) is 1. The summed E-state index contributed by atoms with van der Waals surface area (Å²) in [4.78, 5) is 4.09. The zero-order valence-electron chi connectivity index (χ0n) is 14.5. The molecular formula is C20H22N2O4. The molecule has 2 aromatic carbocycles. The number of rotatable bonds is 7. The highest BCUT2D eigenvalue weighted by Gasteiger charge is 2.19. The van der Waals surface area contributed by atoms with Gasteiger partial charge in [-0.05, 0) is 49.6 Å². The minimum atomic E-state index is 0.138. The fourth-order valence-corrected chi connectivity index (χ4v) is 3.13. The molecule has 0 fully saturated rings. The summed E-state index contributed by atoms with van der Waals surface area (Å²) in [5.74, 6) is 1.84. The Balaban J connectivity index is 1.15. The molecule has 0 bridgehead atoms. The Labute approximate surface area is 151 Å². The van der Waals surface area contributed by atoms with E-state index in [1.54, 1.807) is 12.1 Å². The van der Waals surface area contributed by atoms with Gasteiger partial charge in [-0.1, -0.05) is 6.07 Å². The van der Waals surface area contributed by atoms with Gasteiger partial charge in [-0.15, -0.1) is 0 Å². The fraction of sp³-hybridized carbons (Fsp3) is 0.350. The molecule has 3 aromatic rings. The van der Waals surface area contributed by atoms with Crippen LogP contribution in [0.2, 0.25) is 0 Å². The van der Waals surface area contributed by atoms with Gasteiger partial charge in [0.2, 0.25) is 0 Å². The number of phenolic OH excluding ortho intramolecular Hbond substituents is 1. The summed E-state index contributed by atoms with van der Waals surface area (Å²) in [6, 6.07) is 11.0. The summed E-state index contributed by atoms with van der Waals surface area (Å²) < 4.78 is 17.0. The van der Waals surface area contributed by atoms with E-state index in [4.69, 9.17) is 13.9 Å². The third-order valence-electron chi connectivity index (χ3n) is 4.52. The molecule has 6 nitrogen and oxygen atoms in total. The number of nitrogens with one attached hydrogen (secondary N) is 1. The summed E-state index contributed by atoms with van der Waals surface area (Å²) in [5.41, 5.74) is 2.74. The number of aromatic nitrogens is 1. The van der Waals surface area contributed by atoms with E-state index in [1.807, 2.05) is 24.3 Å². The molecule has 26 heavy (non-hydrogen) atoms. The van der Waals surface area contributed by atoms with Crippen LogP contribution >= 0.6 is 0 Å². The van der Waals surface area contributed by atoms with E-state index in [9.17, 15) is 5.11 Å². The number of benzene rings is 2. The van der Waals surface area contributed by atoms with Crippen molar-refractivity contribution >= 4 is 11.1 Å². The van der Waals surface area contributed by atoms with E-state index in [0.29, 0.717) is 6.61 Å². The first-order valence-corrected chi connectivity index (χ1v) is 8.93. The van der Waals surface area contributed by atoms with Gasteiger partial charge < -0.3 is 24.3 Å². The van der Waals surface area contributed by atoms with E-state index >= 15 is 0 Å². The Morgan fingerprint density at radius 3 is 3.15 bits per heavy atom. The highest BCUT2D eigenvalue weighted by atomic mass is 16.5. The van der Waals surface area contributed by atoms with Crippen LogP contribution in [0.5, 0.6) is 17.2 Å². The molecule has 0 amide bonds. The summed E-state index contributed by atoms with van der Waals surface area (Å²) in [6.07, 6.45) is 4.44. The second-order valence-corrected chi connectivity index (χ2v) is 6.46. The molecule has 1 aliphatic rings. The van der Waals surface area contributed by atoms with Gasteiger partial charge in [-0.25, -0.2) is 4.98 Å². The summed E-state index contributed by atoms with van der Waals surface area (Å²) in [5, 5.41) is 13.0. The van der Waals surface area contributed by atoms with Crippen molar-refractivity contribution in [3.05, 3.63) is 48.4 Å². The van der Waals surface area contributed by atoms with Crippen LogP contribution in [0, 0.1) is 0 Å². The number of fused-ring (bicyclic) bond motifs is 2. The maximum Gasteiger partial charge on any atom is 0.181 e. The molecular weight excluding hydrogens is 332 g/mol. The molecule has 0 saturated heterocycles.